The normalized spacial score (nSPS) is 18.9. The van der Waals surface area contributed by atoms with Gasteiger partial charge in [0.15, 0.2) is 0 Å². The molecule has 0 radical (unpaired) electrons. The van der Waals surface area contributed by atoms with Gasteiger partial charge in [0.2, 0.25) is 11.8 Å². The molecule has 0 aliphatic carbocycles. The van der Waals surface area contributed by atoms with Gasteiger partial charge >= 0.3 is 0 Å². The molecule has 1 fully saturated rings. The van der Waals surface area contributed by atoms with Crippen LogP contribution >= 0.6 is 0 Å². The summed E-state index contributed by atoms with van der Waals surface area (Å²) in [5.41, 5.74) is 1.79. The number of amides is 3. The van der Waals surface area contributed by atoms with E-state index in [2.05, 4.69) is 10.6 Å². The average Bonchev–Trinajstić information content (AvgIpc) is 3.37. The summed E-state index contributed by atoms with van der Waals surface area (Å²) in [5, 5.41) is 12.6. The van der Waals surface area contributed by atoms with Crippen LogP contribution in [0, 0.1) is 5.82 Å². The van der Waals surface area contributed by atoms with E-state index in [0.717, 1.165) is 17.2 Å². The molecule has 3 amide bonds. The number of carbonyl (C=O) groups is 4. The molecule has 0 spiro atoms. The van der Waals surface area contributed by atoms with Crippen molar-refractivity contribution in [1.29, 1.82) is 0 Å². The second kappa shape index (κ2) is 14.1. The molecule has 9 nitrogen and oxygen atoms in total. The highest BCUT2D eigenvalue weighted by Crippen LogP contribution is 2.34. The van der Waals surface area contributed by atoms with E-state index in [1.54, 1.807) is 4.90 Å². The van der Waals surface area contributed by atoms with Crippen molar-refractivity contribution in [2.24, 2.45) is 0 Å². The zero-order valence-electron chi connectivity index (χ0n) is 22.4. The fraction of sp³-hybridized carbons (Fsp3) is 0.290. The van der Waals surface area contributed by atoms with Gasteiger partial charge in [0.1, 0.15) is 18.2 Å². The molecular formula is C31H32FN3O6. The SMILES string of the molecule is O=C1C[C@@H]2CC[C@H](CNC(=O)c3cc(F)ccc3OCCN1)N2C(=O)C(c1ccccc1)c1ccccc1.O=CO. The third-order valence-electron chi connectivity index (χ3n) is 7.17. The van der Waals surface area contributed by atoms with Crippen LogP contribution in [0.4, 0.5) is 4.39 Å². The Morgan fingerprint density at radius 2 is 1.56 bits per heavy atom. The van der Waals surface area contributed by atoms with Crippen LogP contribution in [0.5, 0.6) is 5.75 Å². The molecule has 0 saturated carbocycles. The van der Waals surface area contributed by atoms with Crippen molar-refractivity contribution in [1.82, 2.24) is 15.5 Å². The highest BCUT2D eigenvalue weighted by Gasteiger charge is 2.41. The third-order valence-corrected chi connectivity index (χ3v) is 7.17. The summed E-state index contributed by atoms with van der Waals surface area (Å²) in [6.45, 7) is 0.268. The number of nitrogens with one attached hydrogen (secondary N) is 2. The number of ether oxygens (including phenoxy) is 1. The van der Waals surface area contributed by atoms with Gasteiger partial charge in [-0.1, -0.05) is 60.7 Å². The number of hydrogen-bond acceptors (Lipinski definition) is 5. The molecule has 0 aromatic heterocycles. The molecule has 2 aliphatic rings. The zero-order valence-corrected chi connectivity index (χ0v) is 22.4. The van der Waals surface area contributed by atoms with Crippen LogP contribution in [0.15, 0.2) is 78.9 Å². The summed E-state index contributed by atoms with van der Waals surface area (Å²) in [5.74, 6) is -1.63. The number of nitrogens with zero attached hydrogens (tertiary/aromatic N) is 1. The van der Waals surface area contributed by atoms with E-state index >= 15 is 0 Å². The average molecular weight is 562 g/mol. The fourth-order valence-electron chi connectivity index (χ4n) is 5.39. The summed E-state index contributed by atoms with van der Waals surface area (Å²) < 4.78 is 19.6. The van der Waals surface area contributed by atoms with Crippen LogP contribution < -0.4 is 15.4 Å². The highest BCUT2D eigenvalue weighted by atomic mass is 19.1. The minimum atomic E-state index is -0.554. The van der Waals surface area contributed by atoms with E-state index < -0.39 is 17.6 Å². The number of halogens is 1. The summed E-state index contributed by atoms with van der Waals surface area (Å²) in [4.78, 5) is 50.4. The summed E-state index contributed by atoms with van der Waals surface area (Å²) in [7, 11) is 0. The van der Waals surface area contributed by atoms with E-state index in [-0.39, 0.29) is 67.8 Å². The van der Waals surface area contributed by atoms with Crippen LogP contribution in [-0.2, 0) is 14.4 Å². The lowest BCUT2D eigenvalue weighted by Gasteiger charge is -2.34. The van der Waals surface area contributed by atoms with Gasteiger partial charge in [-0.3, -0.25) is 19.2 Å². The van der Waals surface area contributed by atoms with Crippen LogP contribution in [0.2, 0.25) is 0 Å². The largest absolute Gasteiger partial charge is 0.491 e. The van der Waals surface area contributed by atoms with Gasteiger partial charge < -0.3 is 25.4 Å². The Kier molecular flexibility index (Phi) is 10.0. The van der Waals surface area contributed by atoms with E-state index in [9.17, 15) is 18.8 Å². The van der Waals surface area contributed by atoms with Gasteiger partial charge in [-0.2, -0.15) is 0 Å². The highest BCUT2D eigenvalue weighted by molar-refractivity contribution is 5.97. The van der Waals surface area contributed by atoms with Gasteiger partial charge in [-0.25, -0.2) is 4.39 Å². The maximum absolute atomic E-state index is 14.3. The predicted octanol–water partition coefficient (Wildman–Crippen LogP) is 3.35. The van der Waals surface area contributed by atoms with E-state index in [0.29, 0.717) is 12.8 Å². The lowest BCUT2D eigenvalue weighted by atomic mass is 9.89. The van der Waals surface area contributed by atoms with Gasteiger partial charge in [0, 0.05) is 25.0 Å². The molecule has 10 heteroatoms. The predicted molar refractivity (Wildman–Crippen MR) is 149 cm³/mol. The Balaban J connectivity index is 0.00000124. The molecule has 214 valence electrons. The molecule has 1 saturated heterocycles. The first-order chi connectivity index (χ1) is 19.9. The number of fused-ring (bicyclic) bond motifs is 3. The minimum absolute atomic E-state index is 0.0762. The van der Waals surface area contributed by atoms with Gasteiger partial charge in [-0.15, -0.1) is 0 Å². The third kappa shape index (κ3) is 7.27. The van der Waals surface area contributed by atoms with Gasteiger partial charge in [-0.05, 0) is 42.2 Å². The standard InChI is InChI=1S/C30H30FN3O4.CH2O2/c31-22-11-14-26-25(17-22)29(36)33-19-24-13-12-23(18-27(35)32-15-16-38-26)34(24)30(37)28(20-7-3-1-4-8-20)21-9-5-2-6-10-21;2-1-3/h1-11,14,17,23-24,28H,12-13,15-16,18-19H2,(H,32,35)(H,33,36);1H,(H,2,3)/t23-,24+;/m0./s1. The van der Waals surface area contributed by atoms with Crippen molar-refractivity contribution >= 4 is 24.2 Å². The Bertz CT molecular complexity index is 1310. The lowest BCUT2D eigenvalue weighted by Crippen LogP contribution is -2.49. The van der Waals surface area contributed by atoms with Crippen molar-refractivity contribution in [3.05, 3.63) is 101 Å². The van der Waals surface area contributed by atoms with E-state index in [4.69, 9.17) is 14.6 Å². The van der Waals surface area contributed by atoms with Crippen LogP contribution in [0.25, 0.3) is 0 Å². The molecule has 3 aromatic rings. The lowest BCUT2D eigenvalue weighted by molar-refractivity contribution is -0.135. The molecule has 41 heavy (non-hydrogen) atoms. The fourth-order valence-corrected chi connectivity index (χ4v) is 5.39. The van der Waals surface area contributed by atoms with Crippen molar-refractivity contribution in [3.63, 3.8) is 0 Å². The number of hydrogen-bond donors (Lipinski definition) is 3. The van der Waals surface area contributed by atoms with Crippen LogP contribution in [-0.4, -0.2) is 66.0 Å². The molecule has 2 bridgehead atoms. The molecule has 5 rings (SSSR count). The molecule has 2 aliphatic heterocycles. The number of carbonyl (C=O) groups excluding carboxylic acids is 3. The van der Waals surface area contributed by atoms with Crippen molar-refractivity contribution in [2.75, 3.05) is 19.7 Å². The van der Waals surface area contributed by atoms with Crippen molar-refractivity contribution in [2.45, 2.75) is 37.3 Å². The first-order valence-corrected chi connectivity index (χ1v) is 13.4. The van der Waals surface area contributed by atoms with Crippen LogP contribution in [0.3, 0.4) is 0 Å². The number of rotatable bonds is 3. The summed E-state index contributed by atoms with van der Waals surface area (Å²) in [6.07, 6.45) is 1.43. The number of carboxylic acid groups (broad SMARTS) is 1. The second-order valence-electron chi connectivity index (χ2n) is 9.74. The smallest absolute Gasteiger partial charge is 0.290 e. The van der Waals surface area contributed by atoms with Crippen molar-refractivity contribution in [3.8, 4) is 5.75 Å². The summed E-state index contributed by atoms with van der Waals surface area (Å²) >= 11 is 0. The van der Waals surface area contributed by atoms with Gasteiger partial charge in [0.05, 0.1) is 18.0 Å². The zero-order chi connectivity index (χ0) is 29.2. The first kappa shape index (κ1) is 29.3. The van der Waals surface area contributed by atoms with E-state index in [1.807, 2.05) is 60.7 Å². The molecule has 0 unspecified atom stereocenters. The van der Waals surface area contributed by atoms with Gasteiger partial charge in [0.25, 0.3) is 12.4 Å². The molecule has 2 heterocycles. The molecule has 3 aromatic carbocycles. The summed E-state index contributed by atoms with van der Waals surface area (Å²) in [6, 6.07) is 22.3. The quantitative estimate of drug-likeness (QED) is 0.422. The van der Waals surface area contributed by atoms with Crippen LogP contribution in [0.1, 0.15) is 46.7 Å². The first-order valence-electron chi connectivity index (χ1n) is 13.4. The number of benzene rings is 3. The Morgan fingerprint density at radius 3 is 2.20 bits per heavy atom. The Hall–Kier alpha value is -4.73. The molecule has 3 N–H and O–H groups in total. The molecule has 2 atom stereocenters. The Morgan fingerprint density at radius 1 is 0.951 bits per heavy atom. The Labute approximate surface area is 237 Å². The second-order valence-corrected chi connectivity index (χ2v) is 9.74. The van der Waals surface area contributed by atoms with E-state index in [1.165, 1.54) is 12.1 Å². The topological polar surface area (TPSA) is 125 Å². The maximum Gasteiger partial charge on any atom is 0.290 e. The maximum atomic E-state index is 14.3. The monoisotopic (exact) mass is 561 g/mol. The molecular weight excluding hydrogens is 529 g/mol. The van der Waals surface area contributed by atoms with Crippen molar-refractivity contribution < 1.29 is 33.4 Å². The minimum Gasteiger partial charge on any atom is -0.491 e.